The van der Waals surface area contributed by atoms with Gasteiger partial charge in [0, 0.05) is 31.3 Å². The molecule has 0 radical (unpaired) electrons. The molecule has 0 unspecified atom stereocenters. The van der Waals surface area contributed by atoms with E-state index in [0.29, 0.717) is 5.88 Å². The second-order valence-corrected chi connectivity index (χ2v) is 3.58. The van der Waals surface area contributed by atoms with Gasteiger partial charge in [0.05, 0.1) is 0 Å². The zero-order valence-corrected chi connectivity index (χ0v) is 9.89. The molecule has 0 aliphatic heterocycles. The number of alkyl halides is 1. The first-order valence-corrected chi connectivity index (χ1v) is 5.86. The van der Waals surface area contributed by atoms with Gasteiger partial charge in [-0.2, -0.15) is 0 Å². The van der Waals surface area contributed by atoms with Crippen molar-refractivity contribution in [1.82, 2.24) is 0 Å². The van der Waals surface area contributed by atoms with E-state index >= 15 is 0 Å². The smallest absolute Gasteiger partial charge is 0.0482 e. The van der Waals surface area contributed by atoms with Gasteiger partial charge in [-0.1, -0.05) is 12.1 Å². The molecule has 0 fully saturated rings. The summed E-state index contributed by atoms with van der Waals surface area (Å²) in [5.41, 5.74) is 2.27. The van der Waals surface area contributed by atoms with E-state index in [4.69, 9.17) is 16.3 Å². The molecule has 1 aromatic carbocycles. The minimum Gasteiger partial charge on any atom is -0.385 e. The van der Waals surface area contributed by atoms with Crippen molar-refractivity contribution in [2.45, 2.75) is 19.2 Å². The highest BCUT2D eigenvalue weighted by Gasteiger charge is 1.94. The van der Waals surface area contributed by atoms with Crippen molar-refractivity contribution in [3.63, 3.8) is 0 Å². The molecule has 0 heterocycles. The lowest BCUT2D eigenvalue weighted by molar-refractivity contribution is 0.147. The Morgan fingerprint density at radius 3 is 3.00 bits per heavy atom. The van der Waals surface area contributed by atoms with Crippen molar-refractivity contribution in [2.75, 3.05) is 25.1 Å². The molecule has 0 spiro atoms. The molecular weight excluding hydrogens is 210 g/mol. The Morgan fingerprint density at radius 1 is 1.40 bits per heavy atom. The highest BCUT2D eigenvalue weighted by atomic mass is 35.5. The van der Waals surface area contributed by atoms with Crippen LogP contribution in [0.15, 0.2) is 24.3 Å². The third-order valence-electron chi connectivity index (χ3n) is 2.08. The molecular formula is C12H18ClNO. The Kier molecular flexibility index (Phi) is 6.21. The summed E-state index contributed by atoms with van der Waals surface area (Å²) < 4.78 is 5.26. The van der Waals surface area contributed by atoms with Crippen LogP contribution >= 0.6 is 11.6 Å². The van der Waals surface area contributed by atoms with Crippen LogP contribution in [0.2, 0.25) is 0 Å². The molecule has 0 saturated heterocycles. The zero-order chi connectivity index (χ0) is 10.9. The van der Waals surface area contributed by atoms with E-state index in [9.17, 15) is 0 Å². The quantitative estimate of drug-likeness (QED) is 0.570. The van der Waals surface area contributed by atoms with E-state index < -0.39 is 0 Å². The summed E-state index contributed by atoms with van der Waals surface area (Å²) in [5.74, 6) is 0.564. The molecule has 15 heavy (non-hydrogen) atoms. The molecule has 0 aliphatic carbocycles. The lowest BCUT2D eigenvalue weighted by Crippen LogP contribution is -2.05. The van der Waals surface area contributed by atoms with E-state index in [1.807, 2.05) is 19.1 Å². The van der Waals surface area contributed by atoms with Crippen LogP contribution in [-0.2, 0) is 10.6 Å². The van der Waals surface area contributed by atoms with E-state index in [1.54, 1.807) is 0 Å². The second kappa shape index (κ2) is 7.55. The van der Waals surface area contributed by atoms with Gasteiger partial charge in [-0.05, 0) is 31.0 Å². The van der Waals surface area contributed by atoms with Gasteiger partial charge in [0.2, 0.25) is 0 Å². The van der Waals surface area contributed by atoms with Gasteiger partial charge < -0.3 is 10.1 Å². The van der Waals surface area contributed by atoms with Crippen LogP contribution in [0, 0.1) is 0 Å². The fourth-order valence-corrected chi connectivity index (χ4v) is 1.48. The standard InChI is InChI=1S/C12H18ClNO/c1-2-15-8-4-7-14-12-6-3-5-11(9-12)10-13/h3,5-6,9,14H,2,4,7-8,10H2,1H3. The average Bonchev–Trinajstić information content (AvgIpc) is 2.29. The van der Waals surface area contributed by atoms with Gasteiger partial charge in [-0.25, -0.2) is 0 Å². The van der Waals surface area contributed by atoms with E-state index in [-0.39, 0.29) is 0 Å². The van der Waals surface area contributed by atoms with Gasteiger partial charge in [-0.15, -0.1) is 11.6 Å². The van der Waals surface area contributed by atoms with E-state index in [0.717, 1.165) is 37.4 Å². The number of nitrogens with one attached hydrogen (secondary N) is 1. The maximum atomic E-state index is 5.75. The van der Waals surface area contributed by atoms with Gasteiger partial charge in [0.15, 0.2) is 0 Å². The lowest BCUT2D eigenvalue weighted by atomic mass is 10.2. The van der Waals surface area contributed by atoms with Crippen LogP contribution in [0.25, 0.3) is 0 Å². The molecule has 1 rings (SSSR count). The predicted molar refractivity (Wildman–Crippen MR) is 65.6 cm³/mol. The average molecular weight is 228 g/mol. The van der Waals surface area contributed by atoms with Gasteiger partial charge >= 0.3 is 0 Å². The molecule has 0 aliphatic rings. The SMILES string of the molecule is CCOCCCNc1cccc(CCl)c1. The van der Waals surface area contributed by atoms with Crippen LogP contribution < -0.4 is 5.32 Å². The fourth-order valence-electron chi connectivity index (χ4n) is 1.32. The maximum Gasteiger partial charge on any atom is 0.0482 e. The molecule has 1 N–H and O–H groups in total. The molecule has 84 valence electrons. The van der Waals surface area contributed by atoms with Crippen molar-refractivity contribution >= 4 is 17.3 Å². The molecule has 1 aromatic rings. The van der Waals surface area contributed by atoms with E-state index in [1.165, 1.54) is 0 Å². The first kappa shape index (κ1) is 12.3. The Bertz CT molecular complexity index is 278. The Labute approximate surface area is 96.6 Å². The normalized spacial score (nSPS) is 10.3. The van der Waals surface area contributed by atoms with Crippen LogP contribution in [-0.4, -0.2) is 19.8 Å². The number of halogens is 1. The van der Waals surface area contributed by atoms with Crippen molar-refractivity contribution in [2.24, 2.45) is 0 Å². The van der Waals surface area contributed by atoms with Crippen LogP contribution in [0.5, 0.6) is 0 Å². The number of benzene rings is 1. The minimum absolute atomic E-state index is 0.564. The first-order chi connectivity index (χ1) is 7.36. The van der Waals surface area contributed by atoms with Gasteiger partial charge in [0.1, 0.15) is 0 Å². The van der Waals surface area contributed by atoms with Gasteiger partial charge in [0.25, 0.3) is 0 Å². The summed E-state index contributed by atoms with van der Waals surface area (Å²) in [7, 11) is 0. The Hall–Kier alpha value is -0.730. The molecule has 2 nitrogen and oxygen atoms in total. The highest BCUT2D eigenvalue weighted by Crippen LogP contribution is 2.12. The third kappa shape index (κ3) is 5.05. The largest absolute Gasteiger partial charge is 0.385 e. The number of rotatable bonds is 7. The van der Waals surface area contributed by atoms with Crippen molar-refractivity contribution < 1.29 is 4.74 Å². The van der Waals surface area contributed by atoms with Crippen molar-refractivity contribution in [1.29, 1.82) is 0 Å². The van der Waals surface area contributed by atoms with Crippen molar-refractivity contribution in [3.8, 4) is 0 Å². The number of anilines is 1. The summed E-state index contributed by atoms with van der Waals surface area (Å²) in [5, 5.41) is 3.34. The monoisotopic (exact) mass is 227 g/mol. The molecule has 0 atom stereocenters. The van der Waals surface area contributed by atoms with Crippen molar-refractivity contribution in [3.05, 3.63) is 29.8 Å². The topological polar surface area (TPSA) is 21.3 Å². The van der Waals surface area contributed by atoms with Gasteiger partial charge in [-0.3, -0.25) is 0 Å². The number of ether oxygens (including phenoxy) is 1. The Balaban J connectivity index is 2.24. The first-order valence-electron chi connectivity index (χ1n) is 5.33. The van der Waals surface area contributed by atoms with E-state index in [2.05, 4.69) is 17.4 Å². The van der Waals surface area contributed by atoms with Crippen LogP contribution in [0.1, 0.15) is 18.9 Å². The minimum atomic E-state index is 0.564. The lowest BCUT2D eigenvalue weighted by Gasteiger charge is -2.07. The molecule has 0 bridgehead atoms. The summed E-state index contributed by atoms with van der Waals surface area (Å²) in [4.78, 5) is 0. The highest BCUT2D eigenvalue weighted by molar-refractivity contribution is 6.17. The van der Waals surface area contributed by atoms with Crippen LogP contribution in [0.3, 0.4) is 0 Å². The number of hydrogen-bond acceptors (Lipinski definition) is 2. The molecule has 3 heteroatoms. The maximum absolute atomic E-state index is 5.75. The predicted octanol–water partition coefficient (Wildman–Crippen LogP) is 3.26. The number of hydrogen-bond donors (Lipinski definition) is 1. The molecule has 0 amide bonds. The summed E-state index contributed by atoms with van der Waals surface area (Å²) >= 11 is 5.75. The van der Waals surface area contributed by atoms with Crippen LogP contribution in [0.4, 0.5) is 5.69 Å². The summed E-state index contributed by atoms with van der Waals surface area (Å²) in [6.45, 7) is 4.56. The summed E-state index contributed by atoms with van der Waals surface area (Å²) in [6.07, 6.45) is 1.03. The second-order valence-electron chi connectivity index (χ2n) is 3.31. The molecule has 0 saturated carbocycles. The third-order valence-corrected chi connectivity index (χ3v) is 2.39. The zero-order valence-electron chi connectivity index (χ0n) is 9.13. The summed E-state index contributed by atoms with van der Waals surface area (Å²) in [6, 6.07) is 8.17. The molecule has 0 aromatic heterocycles. The Morgan fingerprint density at radius 2 is 2.27 bits per heavy atom. The fraction of sp³-hybridized carbons (Fsp3) is 0.500.